The highest BCUT2D eigenvalue weighted by Crippen LogP contribution is 2.52. The summed E-state index contributed by atoms with van der Waals surface area (Å²) in [6.45, 7) is 2.99. The molecule has 0 aromatic heterocycles. The standard InChI is InChI=1S/C9H18O4S/c1-3-13-7-9(6-10)4-8(9)5-14(2,11)12/h8,10H,3-7H2,1-2H3/t8-,9+/m0/s1. The molecular formula is C9H18O4S. The zero-order chi connectivity index (χ0) is 10.8. The quantitative estimate of drug-likeness (QED) is 0.690. The van der Waals surface area contributed by atoms with E-state index in [1.807, 2.05) is 6.92 Å². The first-order valence-electron chi connectivity index (χ1n) is 4.80. The van der Waals surface area contributed by atoms with Gasteiger partial charge in [0.15, 0.2) is 0 Å². The number of aliphatic hydroxyl groups excluding tert-OH is 1. The van der Waals surface area contributed by atoms with E-state index >= 15 is 0 Å². The average molecular weight is 222 g/mol. The Morgan fingerprint density at radius 3 is 2.64 bits per heavy atom. The summed E-state index contributed by atoms with van der Waals surface area (Å²) in [7, 11) is -2.93. The molecule has 0 bridgehead atoms. The van der Waals surface area contributed by atoms with Crippen LogP contribution in [0.15, 0.2) is 0 Å². The molecule has 0 aliphatic heterocycles. The Balaban J connectivity index is 2.46. The normalized spacial score (nSPS) is 31.8. The van der Waals surface area contributed by atoms with E-state index in [1.54, 1.807) is 0 Å². The molecule has 5 heteroatoms. The van der Waals surface area contributed by atoms with Crippen LogP contribution in [-0.4, -0.2) is 45.4 Å². The zero-order valence-corrected chi connectivity index (χ0v) is 9.51. The van der Waals surface area contributed by atoms with Gasteiger partial charge in [0, 0.05) is 18.3 Å². The van der Waals surface area contributed by atoms with Gasteiger partial charge in [0.05, 0.1) is 19.0 Å². The predicted octanol–water partition coefficient (Wildman–Crippen LogP) is 0.0661. The molecule has 0 spiro atoms. The molecule has 14 heavy (non-hydrogen) atoms. The number of aliphatic hydroxyl groups is 1. The summed E-state index contributed by atoms with van der Waals surface area (Å²) in [5, 5.41) is 9.18. The Hall–Kier alpha value is -0.130. The highest BCUT2D eigenvalue weighted by molar-refractivity contribution is 7.90. The Morgan fingerprint density at radius 2 is 2.21 bits per heavy atom. The van der Waals surface area contributed by atoms with Crippen LogP contribution in [0.1, 0.15) is 13.3 Å². The smallest absolute Gasteiger partial charge is 0.147 e. The van der Waals surface area contributed by atoms with Crippen molar-refractivity contribution in [3.8, 4) is 0 Å². The molecule has 1 aliphatic carbocycles. The summed E-state index contributed by atoms with van der Waals surface area (Å²) >= 11 is 0. The molecule has 4 nitrogen and oxygen atoms in total. The molecule has 1 fully saturated rings. The third-order valence-electron chi connectivity index (χ3n) is 2.77. The summed E-state index contributed by atoms with van der Waals surface area (Å²) in [5.74, 6) is 0.245. The molecule has 1 N–H and O–H groups in total. The van der Waals surface area contributed by atoms with Gasteiger partial charge < -0.3 is 9.84 Å². The molecule has 1 aliphatic rings. The van der Waals surface area contributed by atoms with Crippen molar-refractivity contribution in [3.05, 3.63) is 0 Å². The van der Waals surface area contributed by atoms with Crippen LogP contribution in [0.3, 0.4) is 0 Å². The second kappa shape index (κ2) is 4.16. The molecule has 0 aromatic carbocycles. The van der Waals surface area contributed by atoms with Crippen LogP contribution >= 0.6 is 0 Å². The van der Waals surface area contributed by atoms with E-state index in [-0.39, 0.29) is 23.7 Å². The van der Waals surface area contributed by atoms with Crippen LogP contribution in [0.25, 0.3) is 0 Å². The van der Waals surface area contributed by atoms with Crippen LogP contribution in [-0.2, 0) is 14.6 Å². The fourth-order valence-electron chi connectivity index (χ4n) is 1.75. The van der Waals surface area contributed by atoms with Gasteiger partial charge in [-0.3, -0.25) is 0 Å². The van der Waals surface area contributed by atoms with Crippen molar-refractivity contribution in [2.75, 3.05) is 31.8 Å². The van der Waals surface area contributed by atoms with Crippen molar-refractivity contribution in [2.45, 2.75) is 13.3 Å². The maximum absolute atomic E-state index is 11.0. The molecule has 0 heterocycles. The van der Waals surface area contributed by atoms with Gasteiger partial charge in [-0.05, 0) is 19.3 Å². The molecule has 0 amide bonds. The lowest BCUT2D eigenvalue weighted by Crippen LogP contribution is -2.21. The molecule has 0 saturated heterocycles. The molecule has 84 valence electrons. The predicted molar refractivity (Wildman–Crippen MR) is 53.8 cm³/mol. The number of hydrogen-bond acceptors (Lipinski definition) is 4. The minimum absolute atomic E-state index is 0.0210. The molecule has 1 rings (SSSR count). The van der Waals surface area contributed by atoms with E-state index in [2.05, 4.69) is 0 Å². The second-order valence-electron chi connectivity index (χ2n) is 4.15. The topological polar surface area (TPSA) is 63.6 Å². The van der Waals surface area contributed by atoms with Crippen LogP contribution in [0.5, 0.6) is 0 Å². The molecule has 0 unspecified atom stereocenters. The molecule has 1 saturated carbocycles. The van der Waals surface area contributed by atoms with Crippen molar-refractivity contribution in [3.63, 3.8) is 0 Å². The largest absolute Gasteiger partial charge is 0.396 e. The van der Waals surface area contributed by atoms with Gasteiger partial charge in [-0.25, -0.2) is 8.42 Å². The first-order valence-corrected chi connectivity index (χ1v) is 6.86. The van der Waals surface area contributed by atoms with Crippen LogP contribution in [0.4, 0.5) is 0 Å². The number of sulfone groups is 1. The highest BCUT2D eigenvalue weighted by Gasteiger charge is 2.54. The summed E-state index contributed by atoms with van der Waals surface area (Å²) < 4.78 is 27.3. The summed E-state index contributed by atoms with van der Waals surface area (Å²) in [4.78, 5) is 0. The number of rotatable bonds is 6. The average Bonchev–Trinajstić information content (AvgIpc) is 2.73. The highest BCUT2D eigenvalue weighted by atomic mass is 32.2. The third kappa shape index (κ3) is 2.93. The number of ether oxygens (including phenoxy) is 1. The van der Waals surface area contributed by atoms with Crippen LogP contribution in [0, 0.1) is 11.3 Å². The van der Waals surface area contributed by atoms with Crippen LogP contribution in [0.2, 0.25) is 0 Å². The lowest BCUT2D eigenvalue weighted by molar-refractivity contribution is 0.0619. The van der Waals surface area contributed by atoms with Gasteiger partial charge in [-0.15, -0.1) is 0 Å². The van der Waals surface area contributed by atoms with Gasteiger partial charge in [0.2, 0.25) is 0 Å². The fourth-order valence-corrected chi connectivity index (χ4v) is 2.96. The van der Waals surface area contributed by atoms with E-state index in [1.165, 1.54) is 6.26 Å². The Kier molecular flexibility index (Phi) is 3.55. The number of hydrogen-bond donors (Lipinski definition) is 1. The van der Waals surface area contributed by atoms with Gasteiger partial charge in [0.25, 0.3) is 0 Å². The molecule has 0 aromatic rings. The molecule has 0 radical (unpaired) electrons. The van der Waals surface area contributed by atoms with Crippen LogP contribution < -0.4 is 0 Å². The van der Waals surface area contributed by atoms with E-state index in [4.69, 9.17) is 4.74 Å². The molecule has 2 atom stereocenters. The zero-order valence-electron chi connectivity index (χ0n) is 8.69. The Bertz CT molecular complexity index is 285. The summed E-state index contributed by atoms with van der Waals surface area (Å²) in [6.07, 6.45) is 1.99. The van der Waals surface area contributed by atoms with E-state index in [9.17, 15) is 13.5 Å². The van der Waals surface area contributed by atoms with Crippen molar-refractivity contribution < 1.29 is 18.3 Å². The van der Waals surface area contributed by atoms with E-state index in [0.717, 1.165) is 6.42 Å². The minimum Gasteiger partial charge on any atom is -0.396 e. The van der Waals surface area contributed by atoms with Crippen molar-refractivity contribution >= 4 is 9.84 Å². The maximum atomic E-state index is 11.0. The Labute approximate surface area is 85.2 Å². The summed E-state index contributed by atoms with van der Waals surface area (Å²) in [5.41, 5.74) is -0.279. The first kappa shape index (κ1) is 11.9. The van der Waals surface area contributed by atoms with Gasteiger partial charge in [0.1, 0.15) is 9.84 Å². The second-order valence-corrected chi connectivity index (χ2v) is 6.34. The lowest BCUT2D eigenvalue weighted by Gasteiger charge is -2.13. The maximum Gasteiger partial charge on any atom is 0.147 e. The van der Waals surface area contributed by atoms with Gasteiger partial charge in [-0.1, -0.05) is 0 Å². The summed E-state index contributed by atoms with van der Waals surface area (Å²) in [6, 6.07) is 0. The molecular weight excluding hydrogens is 204 g/mol. The van der Waals surface area contributed by atoms with E-state index < -0.39 is 9.84 Å². The van der Waals surface area contributed by atoms with Crippen molar-refractivity contribution in [2.24, 2.45) is 11.3 Å². The lowest BCUT2D eigenvalue weighted by atomic mass is 10.1. The van der Waals surface area contributed by atoms with Crippen molar-refractivity contribution in [1.29, 1.82) is 0 Å². The third-order valence-corrected chi connectivity index (χ3v) is 3.78. The monoisotopic (exact) mass is 222 g/mol. The fraction of sp³-hybridized carbons (Fsp3) is 1.00. The van der Waals surface area contributed by atoms with E-state index in [0.29, 0.717) is 13.2 Å². The first-order chi connectivity index (χ1) is 6.43. The van der Waals surface area contributed by atoms with Crippen molar-refractivity contribution in [1.82, 2.24) is 0 Å². The van der Waals surface area contributed by atoms with Gasteiger partial charge >= 0.3 is 0 Å². The van der Waals surface area contributed by atoms with Gasteiger partial charge in [-0.2, -0.15) is 0 Å². The SMILES string of the molecule is CCOC[C@]1(CO)C[C@H]1CS(C)(=O)=O. The Morgan fingerprint density at radius 1 is 1.57 bits per heavy atom. The minimum atomic E-state index is -2.93.